The van der Waals surface area contributed by atoms with Gasteiger partial charge in [-0.3, -0.25) is 9.59 Å². The minimum absolute atomic E-state index is 0.0399. The second kappa shape index (κ2) is 17.0. The number of alkyl carbamates (subject to hydrolysis) is 1. The Hall–Kier alpha value is -3.14. The minimum atomic E-state index is -1.10. The van der Waals surface area contributed by atoms with Gasteiger partial charge in [-0.2, -0.15) is 0 Å². The third-order valence-electron chi connectivity index (χ3n) is 8.18. The summed E-state index contributed by atoms with van der Waals surface area (Å²) in [7, 11) is 1.93. The van der Waals surface area contributed by atoms with E-state index in [0.29, 0.717) is 37.0 Å². The van der Waals surface area contributed by atoms with Gasteiger partial charge < -0.3 is 30.7 Å². The highest BCUT2D eigenvalue weighted by atomic mass is 35.5. The first-order chi connectivity index (χ1) is 21.3. The van der Waals surface area contributed by atoms with Crippen molar-refractivity contribution in [3.63, 3.8) is 0 Å². The highest BCUT2D eigenvalue weighted by Crippen LogP contribution is 2.22. The van der Waals surface area contributed by atoms with Crippen LogP contribution in [-0.2, 0) is 27.2 Å². The third-order valence-corrected chi connectivity index (χ3v) is 8.41. The number of piperidine rings is 1. The number of carbonyl (C=O) groups excluding carboxylic acids is 3. The van der Waals surface area contributed by atoms with Gasteiger partial charge in [0.15, 0.2) is 0 Å². The van der Waals surface area contributed by atoms with E-state index in [4.69, 9.17) is 16.3 Å². The second-order valence-electron chi connectivity index (χ2n) is 13.4. The van der Waals surface area contributed by atoms with Crippen molar-refractivity contribution in [1.82, 2.24) is 20.9 Å². The van der Waals surface area contributed by atoms with Crippen molar-refractivity contribution in [2.24, 2.45) is 11.8 Å². The van der Waals surface area contributed by atoms with Crippen LogP contribution in [0.4, 0.5) is 4.79 Å². The Morgan fingerprint density at radius 1 is 0.978 bits per heavy atom. The molecule has 1 heterocycles. The average Bonchev–Trinajstić information content (AvgIpc) is 2.98. The molecule has 2 aromatic rings. The molecule has 0 aromatic heterocycles. The highest BCUT2D eigenvalue weighted by molar-refractivity contribution is 6.30. The predicted molar refractivity (Wildman–Crippen MR) is 178 cm³/mol. The van der Waals surface area contributed by atoms with Crippen molar-refractivity contribution in [2.45, 2.75) is 96.6 Å². The van der Waals surface area contributed by atoms with Crippen LogP contribution < -0.4 is 16.0 Å². The molecule has 0 aliphatic carbocycles. The van der Waals surface area contributed by atoms with E-state index in [1.54, 1.807) is 32.9 Å². The summed E-state index contributed by atoms with van der Waals surface area (Å²) in [5.74, 6) is -1.27. The maximum absolute atomic E-state index is 14.0. The van der Waals surface area contributed by atoms with E-state index < -0.39 is 35.8 Å². The quantitative estimate of drug-likeness (QED) is 0.251. The lowest BCUT2D eigenvalue weighted by atomic mass is 9.88. The predicted octanol–water partition coefficient (Wildman–Crippen LogP) is 4.74. The average molecular weight is 643 g/mol. The van der Waals surface area contributed by atoms with Crippen LogP contribution in [0.3, 0.4) is 0 Å². The SMILES string of the molecule is CNC1CCN(C(=O)[C@@H](NC(=O)[C@@H](Cc2cccc(Cl)c2)C[C@H](O)[C@@H](Cc2ccccc2)NC(=O)OC(C)(C)C)C(C)C)CC1. The lowest BCUT2D eigenvalue weighted by molar-refractivity contribution is -0.139. The molecule has 0 spiro atoms. The number of nitrogens with one attached hydrogen (secondary N) is 3. The number of benzene rings is 2. The molecule has 1 fully saturated rings. The zero-order valence-corrected chi connectivity index (χ0v) is 28.3. The normalized spacial score (nSPS) is 16.9. The lowest BCUT2D eigenvalue weighted by Crippen LogP contribution is -2.55. The Bertz CT molecular complexity index is 1240. The summed E-state index contributed by atoms with van der Waals surface area (Å²) in [5.41, 5.74) is 1.03. The lowest BCUT2D eigenvalue weighted by Gasteiger charge is -2.36. The first kappa shape index (κ1) is 36.3. The Labute approximate surface area is 273 Å². The van der Waals surface area contributed by atoms with Gasteiger partial charge in [0.1, 0.15) is 11.6 Å². The Kier molecular flexibility index (Phi) is 13.7. The van der Waals surface area contributed by atoms with Gasteiger partial charge in [-0.15, -0.1) is 0 Å². The maximum atomic E-state index is 14.0. The van der Waals surface area contributed by atoms with Gasteiger partial charge >= 0.3 is 6.09 Å². The fraction of sp³-hybridized carbons (Fsp3) is 0.571. The molecule has 45 heavy (non-hydrogen) atoms. The standard InChI is InChI=1S/C35H51ClN4O5/c1-23(2)31(33(43)40-17-15-28(37-6)16-18-40)39-32(42)26(19-25-13-10-14-27(36)20-25)22-30(41)29(21-24-11-8-7-9-12-24)38-34(44)45-35(3,4)5/h7-14,20,23,26,28-31,37,41H,15-19,21-22H2,1-6H3,(H,38,44)(H,39,42)/t26-,29+,30-,31-/m0/s1. The highest BCUT2D eigenvalue weighted by Gasteiger charge is 2.35. The smallest absolute Gasteiger partial charge is 0.407 e. The van der Waals surface area contributed by atoms with E-state index >= 15 is 0 Å². The van der Waals surface area contributed by atoms with E-state index in [-0.39, 0.29) is 24.2 Å². The summed E-state index contributed by atoms with van der Waals surface area (Å²) < 4.78 is 5.49. The zero-order chi connectivity index (χ0) is 33.1. The number of aliphatic hydroxyl groups is 1. The molecule has 4 N–H and O–H groups in total. The van der Waals surface area contributed by atoms with Gasteiger partial charge in [0, 0.05) is 30.1 Å². The summed E-state index contributed by atoms with van der Waals surface area (Å²) in [6, 6.07) is 15.7. The molecule has 1 saturated heterocycles. The molecule has 0 bridgehead atoms. The van der Waals surface area contributed by atoms with Gasteiger partial charge in [-0.05, 0) is 89.1 Å². The number of amides is 3. The monoisotopic (exact) mass is 642 g/mol. The van der Waals surface area contributed by atoms with Crippen LogP contribution in [0.5, 0.6) is 0 Å². The van der Waals surface area contributed by atoms with Crippen LogP contribution >= 0.6 is 11.6 Å². The van der Waals surface area contributed by atoms with Crippen molar-refractivity contribution < 1.29 is 24.2 Å². The zero-order valence-electron chi connectivity index (χ0n) is 27.5. The fourth-order valence-corrected chi connectivity index (χ4v) is 5.88. The number of ether oxygens (including phenoxy) is 1. The van der Waals surface area contributed by atoms with Crippen molar-refractivity contribution in [1.29, 1.82) is 0 Å². The van der Waals surface area contributed by atoms with Crippen molar-refractivity contribution in [3.05, 3.63) is 70.7 Å². The summed E-state index contributed by atoms with van der Waals surface area (Å²) in [4.78, 5) is 42.3. The molecule has 10 heteroatoms. The molecule has 1 aliphatic rings. The van der Waals surface area contributed by atoms with E-state index in [1.807, 2.05) is 68.3 Å². The number of hydrogen-bond donors (Lipinski definition) is 4. The van der Waals surface area contributed by atoms with Crippen LogP contribution in [0.25, 0.3) is 0 Å². The molecule has 9 nitrogen and oxygen atoms in total. The van der Waals surface area contributed by atoms with Gasteiger partial charge in [0.05, 0.1) is 12.1 Å². The largest absolute Gasteiger partial charge is 0.444 e. The van der Waals surface area contributed by atoms with Crippen molar-refractivity contribution in [2.75, 3.05) is 20.1 Å². The topological polar surface area (TPSA) is 120 Å². The Morgan fingerprint density at radius 3 is 2.20 bits per heavy atom. The molecule has 3 rings (SSSR count). The van der Waals surface area contributed by atoms with Crippen molar-refractivity contribution >= 4 is 29.5 Å². The number of carbonyl (C=O) groups is 3. The number of rotatable bonds is 13. The summed E-state index contributed by atoms with van der Waals surface area (Å²) in [6.07, 6.45) is 0.643. The van der Waals surface area contributed by atoms with E-state index in [0.717, 1.165) is 24.0 Å². The summed E-state index contributed by atoms with van der Waals surface area (Å²) in [6.45, 7) is 10.4. The van der Waals surface area contributed by atoms with Gasteiger partial charge in [0.25, 0.3) is 0 Å². The van der Waals surface area contributed by atoms with E-state index in [2.05, 4.69) is 16.0 Å². The molecule has 3 amide bonds. The molecular weight excluding hydrogens is 592 g/mol. The van der Waals surface area contributed by atoms with Crippen LogP contribution in [-0.4, -0.2) is 77.9 Å². The third kappa shape index (κ3) is 11.9. The second-order valence-corrected chi connectivity index (χ2v) is 13.8. The first-order valence-corrected chi connectivity index (χ1v) is 16.4. The Morgan fingerprint density at radius 2 is 1.62 bits per heavy atom. The molecule has 4 atom stereocenters. The number of hydrogen-bond acceptors (Lipinski definition) is 6. The molecule has 0 radical (unpaired) electrons. The fourth-order valence-electron chi connectivity index (χ4n) is 5.67. The molecule has 1 aliphatic heterocycles. The molecule has 2 aromatic carbocycles. The first-order valence-electron chi connectivity index (χ1n) is 16.0. The van der Waals surface area contributed by atoms with Gasteiger partial charge in [0.2, 0.25) is 11.8 Å². The number of likely N-dealkylation sites (tertiary alicyclic amines) is 1. The number of aliphatic hydroxyl groups excluding tert-OH is 1. The molecule has 248 valence electrons. The summed E-state index contributed by atoms with van der Waals surface area (Å²) >= 11 is 6.27. The van der Waals surface area contributed by atoms with E-state index in [9.17, 15) is 19.5 Å². The minimum Gasteiger partial charge on any atom is -0.444 e. The Balaban J connectivity index is 1.84. The van der Waals surface area contributed by atoms with Gasteiger partial charge in [-0.25, -0.2) is 4.79 Å². The van der Waals surface area contributed by atoms with Crippen LogP contribution in [0.15, 0.2) is 54.6 Å². The van der Waals surface area contributed by atoms with Crippen molar-refractivity contribution in [3.8, 4) is 0 Å². The van der Waals surface area contributed by atoms with E-state index in [1.165, 1.54) is 0 Å². The van der Waals surface area contributed by atoms with Gasteiger partial charge in [-0.1, -0.05) is 67.9 Å². The van der Waals surface area contributed by atoms with Crippen LogP contribution in [0, 0.1) is 11.8 Å². The molecule has 0 saturated carbocycles. The molecule has 0 unspecified atom stereocenters. The number of nitrogens with zero attached hydrogens (tertiary/aromatic N) is 1. The summed E-state index contributed by atoms with van der Waals surface area (Å²) in [5, 5.41) is 21.3. The van der Waals surface area contributed by atoms with Crippen LogP contribution in [0.1, 0.15) is 65.0 Å². The molecular formula is C35H51ClN4O5. The van der Waals surface area contributed by atoms with Crippen LogP contribution in [0.2, 0.25) is 5.02 Å². The maximum Gasteiger partial charge on any atom is 0.407 e. The number of halogens is 1.